The molecule has 9 heteroatoms. The highest BCUT2D eigenvalue weighted by molar-refractivity contribution is 7.90. The van der Waals surface area contributed by atoms with Gasteiger partial charge >= 0.3 is 12.0 Å². The van der Waals surface area contributed by atoms with E-state index < -0.39 is 21.8 Å². The third-order valence-corrected chi connectivity index (χ3v) is 4.26. The largest absolute Gasteiger partial charge is 0.480 e. The monoisotopic (exact) mass is 321 g/mol. The molecule has 0 aromatic carbocycles. The first kappa shape index (κ1) is 17.7. The summed E-state index contributed by atoms with van der Waals surface area (Å²) in [5, 5.41) is 11.4. The van der Waals surface area contributed by atoms with Crippen molar-refractivity contribution in [3.63, 3.8) is 0 Å². The van der Waals surface area contributed by atoms with E-state index in [1.54, 1.807) is 16.7 Å². The van der Waals surface area contributed by atoms with Crippen molar-refractivity contribution in [1.82, 2.24) is 15.1 Å². The summed E-state index contributed by atoms with van der Waals surface area (Å²) < 4.78 is 22.3. The lowest BCUT2D eigenvalue weighted by atomic mass is 10.3. The minimum absolute atomic E-state index is 0.0278. The summed E-state index contributed by atoms with van der Waals surface area (Å²) in [5.41, 5.74) is 0. The maximum Gasteiger partial charge on any atom is 0.317 e. The summed E-state index contributed by atoms with van der Waals surface area (Å²) in [5.74, 6) is -0.979. The van der Waals surface area contributed by atoms with Gasteiger partial charge in [-0.15, -0.1) is 0 Å². The van der Waals surface area contributed by atoms with Crippen LogP contribution in [0.4, 0.5) is 4.79 Å². The van der Waals surface area contributed by atoms with Crippen molar-refractivity contribution in [1.29, 1.82) is 0 Å². The van der Waals surface area contributed by atoms with Crippen LogP contribution in [-0.4, -0.2) is 86.1 Å². The SMILES string of the molecule is CC(CS(C)(=O)=O)NC(=O)N1CCCN(CC(=O)O)CC1. The fourth-order valence-corrected chi connectivity index (χ4v) is 3.31. The van der Waals surface area contributed by atoms with Crippen molar-refractivity contribution in [3.05, 3.63) is 0 Å². The molecular weight excluding hydrogens is 298 g/mol. The average molecular weight is 321 g/mol. The Hall–Kier alpha value is -1.35. The summed E-state index contributed by atoms with van der Waals surface area (Å²) in [6, 6.07) is -0.755. The van der Waals surface area contributed by atoms with Crippen LogP contribution in [0.3, 0.4) is 0 Å². The van der Waals surface area contributed by atoms with Crippen molar-refractivity contribution in [3.8, 4) is 0 Å². The fraction of sp³-hybridized carbons (Fsp3) is 0.833. The van der Waals surface area contributed by atoms with Gasteiger partial charge in [-0.1, -0.05) is 0 Å². The molecule has 8 nitrogen and oxygen atoms in total. The molecule has 1 unspecified atom stereocenters. The number of urea groups is 1. The van der Waals surface area contributed by atoms with Crippen molar-refractivity contribution < 1.29 is 23.1 Å². The van der Waals surface area contributed by atoms with Gasteiger partial charge in [-0.2, -0.15) is 0 Å². The molecular formula is C12H23N3O5S. The molecule has 0 aromatic rings. The maximum absolute atomic E-state index is 12.1. The molecule has 1 aliphatic heterocycles. The average Bonchev–Trinajstić information content (AvgIpc) is 2.51. The standard InChI is InChI=1S/C12H23N3O5S/c1-10(9-21(2,19)20)13-12(18)15-5-3-4-14(6-7-15)8-11(16)17/h10H,3-9H2,1-2H3,(H,13,18)(H,16,17). The Kier molecular flexibility index (Phi) is 6.41. The quantitative estimate of drug-likeness (QED) is 0.688. The number of hydrogen-bond donors (Lipinski definition) is 2. The lowest BCUT2D eigenvalue weighted by Crippen LogP contribution is -2.47. The first-order valence-electron chi connectivity index (χ1n) is 6.84. The molecule has 1 rings (SSSR count). The zero-order valence-corrected chi connectivity index (χ0v) is 13.2. The minimum Gasteiger partial charge on any atom is -0.480 e. The number of rotatable bonds is 5. The molecule has 1 saturated heterocycles. The van der Waals surface area contributed by atoms with E-state index in [0.29, 0.717) is 32.6 Å². The number of carbonyl (C=O) groups is 2. The molecule has 1 aliphatic rings. The molecule has 0 spiro atoms. The molecule has 1 atom stereocenters. The fourth-order valence-electron chi connectivity index (χ4n) is 2.32. The van der Waals surface area contributed by atoms with Crippen LogP contribution in [0, 0.1) is 0 Å². The summed E-state index contributed by atoms with van der Waals surface area (Å²) in [6.07, 6.45) is 1.83. The Balaban J connectivity index is 2.46. The van der Waals surface area contributed by atoms with Gasteiger partial charge in [0.05, 0.1) is 12.3 Å². The molecule has 0 saturated carbocycles. The Morgan fingerprint density at radius 3 is 2.48 bits per heavy atom. The zero-order valence-electron chi connectivity index (χ0n) is 12.4. The molecule has 1 fully saturated rings. The molecule has 0 aliphatic carbocycles. The second-order valence-electron chi connectivity index (χ2n) is 5.45. The van der Waals surface area contributed by atoms with Crippen LogP contribution in [0.25, 0.3) is 0 Å². The van der Waals surface area contributed by atoms with Gasteiger partial charge in [0.2, 0.25) is 0 Å². The van der Waals surface area contributed by atoms with Crippen LogP contribution in [-0.2, 0) is 14.6 Å². The highest BCUT2D eigenvalue weighted by atomic mass is 32.2. The Bertz CT molecular complexity index is 479. The van der Waals surface area contributed by atoms with Gasteiger partial charge in [-0.3, -0.25) is 9.69 Å². The van der Waals surface area contributed by atoms with Gasteiger partial charge in [0.1, 0.15) is 9.84 Å². The number of amides is 2. The second-order valence-corrected chi connectivity index (χ2v) is 7.64. The van der Waals surface area contributed by atoms with Crippen molar-refractivity contribution in [2.45, 2.75) is 19.4 Å². The molecule has 21 heavy (non-hydrogen) atoms. The highest BCUT2D eigenvalue weighted by Crippen LogP contribution is 2.04. The number of aliphatic carboxylic acids is 1. The molecule has 0 aromatic heterocycles. The van der Waals surface area contributed by atoms with E-state index in [1.165, 1.54) is 0 Å². The van der Waals surface area contributed by atoms with Gasteiger partial charge < -0.3 is 15.3 Å². The van der Waals surface area contributed by atoms with Crippen molar-refractivity contribution in [2.24, 2.45) is 0 Å². The summed E-state index contributed by atoms with van der Waals surface area (Å²) in [4.78, 5) is 26.1. The van der Waals surface area contributed by atoms with Crippen LogP contribution in [0.2, 0.25) is 0 Å². The van der Waals surface area contributed by atoms with E-state index in [4.69, 9.17) is 5.11 Å². The molecule has 0 radical (unpaired) electrons. The third kappa shape index (κ3) is 7.28. The van der Waals surface area contributed by atoms with E-state index in [-0.39, 0.29) is 18.3 Å². The maximum atomic E-state index is 12.1. The number of sulfone groups is 1. The van der Waals surface area contributed by atoms with Gasteiger partial charge in [0.25, 0.3) is 0 Å². The normalized spacial score (nSPS) is 18.9. The topological polar surface area (TPSA) is 107 Å². The van der Waals surface area contributed by atoms with Crippen molar-refractivity contribution >= 4 is 21.8 Å². The molecule has 0 bridgehead atoms. The van der Waals surface area contributed by atoms with E-state index in [1.807, 2.05) is 0 Å². The lowest BCUT2D eigenvalue weighted by Gasteiger charge is -2.23. The van der Waals surface area contributed by atoms with Crippen molar-refractivity contribution in [2.75, 3.05) is 44.7 Å². The Morgan fingerprint density at radius 1 is 1.24 bits per heavy atom. The van der Waals surface area contributed by atoms with Crippen LogP contribution < -0.4 is 5.32 Å². The van der Waals surface area contributed by atoms with E-state index in [9.17, 15) is 18.0 Å². The van der Waals surface area contributed by atoms with Crippen LogP contribution in [0.5, 0.6) is 0 Å². The lowest BCUT2D eigenvalue weighted by molar-refractivity contribution is -0.138. The predicted octanol–water partition coefficient (Wildman–Crippen LogP) is -0.779. The van der Waals surface area contributed by atoms with E-state index >= 15 is 0 Å². The van der Waals surface area contributed by atoms with Gasteiger partial charge in [0, 0.05) is 38.5 Å². The van der Waals surface area contributed by atoms with Crippen LogP contribution in [0.1, 0.15) is 13.3 Å². The number of hydrogen-bond acceptors (Lipinski definition) is 5. The smallest absolute Gasteiger partial charge is 0.317 e. The highest BCUT2D eigenvalue weighted by Gasteiger charge is 2.22. The van der Waals surface area contributed by atoms with Crippen LogP contribution in [0.15, 0.2) is 0 Å². The van der Waals surface area contributed by atoms with Crippen LogP contribution >= 0.6 is 0 Å². The summed E-state index contributed by atoms with van der Waals surface area (Å²) in [6.45, 7) is 3.72. The van der Waals surface area contributed by atoms with E-state index in [2.05, 4.69) is 5.32 Å². The molecule has 1 heterocycles. The third-order valence-electron chi connectivity index (χ3n) is 3.16. The first-order valence-corrected chi connectivity index (χ1v) is 8.91. The zero-order chi connectivity index (χ0) is 16.0. The number of nitrogens with zero attached hydrogens (tertiary/aromatic N) is 2. The van der Waals surface area contributed by atoms with Gasteiger partial charge in [-0.25, -0.2) is 13.2 Å². The first-order chi connectivity index (χ1) is 9.67. The van der Waals surface area contributed by atoms with E-state index in [0.717, 1.165) is 6.26 Å². The number of carboxylic acid groups (broad SMARTS) is 1. The summed E-state index contributed by atoms with van der Waals surface area (Å²) in [7, 11) is -3.14. The molecule has 2 N–H and O–H groups in total. The predicted molar refractivity (Wildman–Crippen MR) is 78.0 cm³/mol. The van der Waals surface area contributed by atoms with Gasteiger partial charge in [-0.05, 0) is 13.3 Å². The molecule has 2 amide bonds. The number of nitrogens with one attached hydrogen (secondary N) is 1. The number of carboxylic acids is 1. The van der Waals surface area contributed by atoms with Gasteiger partial charge in [0.15, 0.2) is 0 Å². The Morgan fingerprint density at radius 2 is 1.90 bits per heavy atom. The number of carbonyl (C=O) groups excluding carboxylic acids is 1. The Labute approximate surface area is 125 Å². The minimum atomic E-state index is -3.14. The molecule has 122 valence electrons. The second kappa shape index (κ2) is 7.60. The summed E-state index contributed by atoms with van der Waals surface area (Å²) >= 11 is 0.